The van der Waals surface area contributed by atoms with E-state index in [1.807, 2.05) is 0 Å². The van der Waals surface area contributed by atoms with Crippen molar-refractivity contribution >= 4 is 11.6 Å². The molecule has 0 nitrogen and oxygen atoms in total. The molecule has 2 atom stereocenters. The lowest BCUT2D eigenvalue weighted by atomic mass is 9.49. The molecule has 1 spiro atoms. The Morgan fingerprint density at radius 2 is 1.54 bits per heavy atom. The van der Waals surface area contributed by atoms with E-state index in [0.717, 1.165) is 17.8 Å². The summed E-state index contributed by atoms with van der Waals surface area (Å²) >= 11 is 6.89. The van der Waals surface area contributed by atoms with Gasteiger partial charge in [-0.05, 0) is 68.1 Å². The van der Waals surface area contributed by atoms with E-state index in [-0.39, 0.29) is 4.87 Å². The van der Waals surface area contributed by atoms with Gasteiger partial charge in [-0.3, -0.25) is 0 Å². The summed E-state index contributed by atoms with van der Waals surface area (Å²) in [5.41, 5.74) is 0.655. The highest BCUT2D eigenvalue weighted by Gasteiger charge is 2.69. The van der Waals surface area contributed by atoms with Crippen LogP contribution in [0.25, 0.3) is 0 Å². The second-order valence-corrected chi connectivity index (χ2v) is 6.89. The van der Waals surface area contributed by atoms with Crippen LogP contribution in [0.3, 0.4) is 0 Å². The van der Waals surface area contributed by atoms with Crippen molar-refractivity contribution in [3.8, 4) is 0 Å². The lowest BCUT2D eigenvalue weighted by molar-refractivity contribution is -0.0349. The Kier molecular flexibility index (Phi) is 1.14. The lowest BCUT2D eigenvalue weighted by Crippen LogP contribution is -2.55. The Balaban J connectivity index is 1.83. The summed E-state index contributed by atoms with van der Waals surface area (Å²) in [6, 6.07) is 0. The number of hydrogen-bond acceptors (Lipinski definition) is 0. The fourth-order valence-electron chi connectivity index (χ4n) is 5.11. The van der Waals surface area contributed by atoms with Gasteiger partial charge in [-0.25, -0.2) is 0 Å². The molecule has 0 N–H and O–H groups in total. The van der Waals surface area contributed by atoms with Crippen LogP contribution < -0.4 is 0 Å². The molecule has 13 heavy (non-hydrogen) atoms. The normalized spacial score (nSPS) is 60.2. The first-order valence-electron chi connectivity index (χ1n) is 5.91. The van der Waals surface area contributed by atoms with Crippen molar-refractivity contribution in [1.29, 1.82) is 0 Å². The summed E-state index contributed by atoms with van der Waals surface area (Å²) in [6.07, 6.45) is 10.2. The highest BCUT2D eigenvalue weighted by Crippen LogP contribution is 2.75. The SMILES string of the molecule is ClC12CC3CC(CC(C3)C13CC3)C2. The third-order valence-corrected chi connectivity index (χ3v) is 6.27. The van der Waals surface area contributed by atoms with Crippen molar-refractivity contribution in [2.45, 2.75) is 49.8 Å². The maximum atomic E-state index is 6.89. The molecule has 5 aliphatic rings. The summed E-state index contributed by atoms with van der Waals surface area (Å²) in [7, 11) is 0. The Morgan fingerprint density at radius 3 is 2.00 bits per heavy atom. The lowest BCUT2D eigenvalue weighted by Gasteiger charge is -2.59. The van der Waals surface area contributed by atoms with E-state index in [1.54, 1.807) is 0 Å². The van der Waals surface area contributed by atoms with Crippen LogP contribution in [-0.2, 0) is 0 Å². The summed E-state index contributed by atoms with van der Waals surface area (Å²) in [5.74, 6) is 3.07. The Bertz CT molecular complexity index is 252. The molecule has 0 aromatic rings. The van der Waals surface area contributed by atoms with Gasteiger partial charge in [0.15, 0.2) is 0 Å². The summed E-state index contributed by atoms with van der Waals surface area (Å²) in [4.78, 5) is 0.280. The van der Waals surface area contributed by atoms with Gasteiger partial charge in [0, 0.05) is 0 Å². The van der Waals surface area contributed by atoms with Gasteiger partial charge in [0.25, 0.3) is 0 Å². The minimum atomic E-state index is 0.280. The van der Waals surface area contributed by atoms with Crippen molar-refractivity contribution in [3.63, 3.8) is 0 Å². The third kappa shape index (κ3) is 0.728. The first kappa shape index (κ1) is 7.56. The van der Waals surface area contributed by atoms with Gasteiger partial charge in [0.1, 0.15) is 0 Å². The molecule has 0 aliphatic heterocycles. The summed E-state index contributed by atoms with van der Waals surface area (Å²) in [6.45, 7) is 0. The maximum Gasteiger partial charge on any atom is 0.0510 e. The Hall–Kier alpha value is 0.290. The van der Waals surface area contributed by atoms with Crippen LogP contribution in [-0.4, -0.2) is 4.87 Å². The molecule has 4 bridgehead atoms. The highest BCUT2D eigenvalue weighted by molar-refractivity contribution is 6.25. The van der Waals surface area contributed by atoms with Crippen LogP contribution in [0.1, 0.15) is 44.9 Å². The number of halogens is 1. The van der Waals surface area contributed by atoms with Gasteiger partial charge < -0.3 is 0 Å². The van der Waals surface area contributed by atoms with E-state index < -0.39 is 0 Å². The molecule has 0 aromatic heterocycles. The van der Waals surface area contributed by atoms with Crippen molar-refractivity contribution < 1.29 is 0 Å². The molecule has 72 valence electrons. The minimum Gasteiger partial charge on any atom is -0.119 e. The van der Waals surface area contributed by atoms with Gasteiger partial charge in [-0.1, -0.05) is 0 Å². The molecule has 5 saturated carbocycles. The molecule has 0 saturated heterocycles. The van der Waals surface area contributed by atoms with E-state index in [4.69, 9.17) is 11.6 Å². The maximum absolute atomic E-state index is 6.89. The zero-order chi connectivity index (χ0) is 8.68. The predicted molar refractivity (Wildman–Crippen MR) is 53.8 cm³/mol. The molecule has 1 heteroatoms. The molecular formula is C12H17Cl. The molecule has 2 unspecified atom stereocenters. The van der Waals surface area contributed by atoms with Crippen molar-refractivity contribution in [1.82, 2.24) is 0 Å². The third-order valence-electron chi connectivity index (χ3n) is 5.59. The average Bonchev–Trinajstić information content (AvgIpc) is 2.78. The summed E-state index contributed by atoms with van der Waals surface area (Å²) in [5, 5.41) is 0. The van der Waals surface area contributed by atoms with Crippen LogP contribution in [0.15, 0.2) is 0 Å². The van der Waals surface area contributed by atoms with Gasteiger partial charge in [-0.15, -0.1) is 11.6 Å². The van der Waals surface area contributed by atoms with Gasteiger partial charge in [0.2, 0.25) is 0 Å². The molecule has 5 aliphatic carbocycles. The van der Waals surface area contributed by atoms with Crippen LogP contribution >= 0.6 is 11.6 Å². The standard InChI is InChI=1S/C12H17Cl/c13-12-6-8-3-9(7-12)5-10(4-8)11(12)1-2-11/h8-10H,1-7H2. The predicted octanol–water partition coefficient (Wildman–Crippen LogP) is 3.58. The highest BCUT2D eigenvalue weighted by atomic mass is 35.5. The quantitative estimate of drug-likeness (QED) is 0.520. The zero-order valence-electron chi connectivity index (χ0n) is 8.06. The first-order chi connectivity index (χ1) is 6.22. The molecule has 0 aromatic carbocycles. The van der Waals surface area contributed by atoms with Crippen LogP contribution in [0, 0.1) is 23.2 Å². The van der Waals surface area contributed by atoms with Crippen LogP contribution in [0.2, 0.25) is 0 Å². The number of alkyl halides is 1. The van der Waals surface area contributed by atoms with Crippen LogP contribution in [0.5, 0.6) is 0 Å². The van der Waals surface area contributed by atoms with Gasteiger partial charge >= 0.3 is 0 Å². The number of hydrogen-bond donors (Lipinski definition) is 0. The smallest absolute Gasteiger partial charge is 0.0510 e. The van der Waals surface area contributed by atoms with Gasteiger partial charge in [-0.2, -0.15) is 0 Å². The minimum absolute atomic E-state index is 0.280. The van der Waals surface area contributed by atoms with Crippen molar-refractivity contribution in [3.05, 3.63) is 0 Å². The summed E-state index contributed by atoms with van der Waals surface area (Å²) < 4.78 is 0. The average molecular weight is 197 g/mol. The zero-order valence-corrected chi connectivity index (χ0v) is 8.82. The first-order valence-corrected chi connectivity index (χ1v) is 6.29. The second-order valence-electron chi connectivity index (χ2n) is 6.17. The Morgan fingerprint density at radius 1 is 0.923 bits per heavy atom. The topological polar surface area (TPSA) is 0 Å². The molecule has 0 radical (unpaired) electrons. The largest absolute Gasteiger partial charge is 0.119 e. The van der Waals surface area contributed by atoms with Crippen molar-refractivity contribution in [2.75, 3.05) is 0 Å². The molecular weight excluding hydrogens is 180 g/mol. The molecule has 0 heterocycles. The van der Waals surface area contributed by atoms with E-state index >= 15 is 0 Å². The van der Waals surface area contributed by atoms with E-state index in [2.05, 4.69) is 0 Å². The fourth-order valence-corrected chi connectivity index (χ4v) is 5.89. The Labute approximate surface area is 85.0 Å². The van der Waals surface area contributed by atoms with E-state index in [1.165, 1.54) is 44.9 Å². The van der Waals surface area contributed by atoms with Crippen LogP contribution in [0.4, 0.5) is 0 Å². The van der Waals surface area contributed by atoms with Crippen molar-refractivity contribution in [2.24, 2.45) is 23.2 Å². The molecule has 5 fully saturated rings. The molecule has 5 rings (SSSR count). The molecule has 0 amide bonds. The van der Waals surface area contributed by atoms with Gasteiger partial charge in [0.05, 0.1) is 4.87 Å². The van der Waals surface area contributed by atoms with E-state index in [0.29, 0.717) is 5.41 Å². The number of rotatable bonds is 0. The second kappa shape index (κ2) is 1.96. The fraction of sp³-hybridized carbons (Fsp3) is 1.00. The monoisotopic (exact) mass is 196 g/mol. The van der Waals surface area contributed by atoms with E-state index in [9.17, 15) is 0 Å².